The van der Waals surface area contributed by atoms with Crippen LogP contribution < -0.4 is 10.2 Å². The monoisotopic (exact) mass is 368 g/mol. The molecule has 1 aliphatic heterocycles. The molecule has 0 saturated carbocycles. The molecule has 8 heteroatoms. The van der Waals surface area contributed by atoms with Crippen LogP contribution in [-0.4, -0.2) is 28.5 Å². The van der Waals surface area contributed by atoms with Crippen LogP contribution in [0, 0.1) is 0 Å². The fraction of sp³-hybridized carbons (Fsp3) is 0.222. The number of carbonyl (C=O) groups is 2. The summed E-state index contributed by atoms with van der Waals surface area (Å²) in [4.78, 5) is 30.9. The molecule has 0 unspecified atom stereocenters. The maximum atomic E-state index is 12.3. The molecule has 1 N–H and O–H groups in total. The highest BCUT2D eigenvalue weighted by Gasteiger charge is 2.21. The summed E-state index contributed by atoms with van der Waals surface area (Å²) >= 11 is 1.51. The van der Waals surface area contributed by atoms with Crippen LogP contribution >= 0.6 is 11.3 Å². The van der Waals surface area contributed by atoms with Crippen molar-refractivity contribution in [3.63, 3.8) is 0 Å². The second kappa shape index (κ2) is 7.09. The number of nitrogens with one attached hydrogen (secondary N) is 1. The minimum atomic E-state index is -0.230. The number of amides is 2. The van der Waals surface area contributed by atoms with E-state index in [0.29, 0.717) is 23.7 Å². The number of hydrogen-bond donors (Lipinski definition) is 1. The van der Waals surface area contributed by atoms with Crippen molar-refractivity contribution >= 4 is 28.8 Å². The van der Waals surface area contributed by atoms with Gasteiger partial charge < -0.3 is 14.7 Å². The summed E-state index contributed by atoms with van der Waals surface area (Å²) in [5.41, 5.74) is 1.34. The number of rotatable bonds is 5. The van der Waals surface area contributed by atoms with Crippen LogP contribution in [0.5, 0.6) is 0 Å². The Bertz CT molecular complexity index is 918. The Morgan fingerprint density at radius 1 is 1.27 bits per heavy atom. The van der Waals surface area contributed by atoms with Crippen LogP contribution in [0.25, 0.3) is 10.8 Å². The summed E-state index contributed by atoms with van der Waals surface area (Å²) in [7, 11) is 0. The predicted octanol–water partition coefficient (Wildman–Crippen LogP) is 2.85. The number of benzene rings is 1. The molecule has 26 heavy (non-hydrogen) atoms. The van der Waals surface area contributed by atoms with Crippen molar-refractivity contribution < 1.29 is 14.1 Å². The van der Waals surface area contributed by atoms with E-state index in [1.54, 1.807) is 29.2 Å². The maximum Gasteiger partial charge on any atom is 0.268 e. The zero-order valence-corrected chi connectivity index (χ0v) is 14.7. The standard InChI is InChI=1S/C18H16N4O3S/c23-16-4-1-9-22(16)13-7-5-12(6-8-13)17(24)19-11-15-20-18(25-21-15)14-3-2-10-26-14/h2-3,5-8,10H,1,4,9,11H2,(H,19,24). The van der Waals surface area contributed by atoms with E-state index in [1.165, 1.54) is 11.3 Å². The Labute approximate surface area is 153 Å². The van der Waals surface area contributed by atoms with Crippen molar-refractivity contribution in [2.45, 2.75) is 19.4 Å². The van der Waals surface area contributed by atoms with Gasteiger partial charge in [-0.15, -0.1) is 11.3 Å². The van der Waals surface area contributed by atoms with Gasteiger partial charge in [-0.25, -0.2) is 0 Å². The molecule has 0 aliphatic carbocycles. The van der Waals surface area contributed by atoms with Gasteiger partial charge in [-0.05, 0) is 42.1 Å². The van der Waals surface area contributed by atoms with Crippen LogP contribution in [0.2, 0.25) is 0 Å². The van der Waals surface area contributed by atoms with Gasteiger partial charge in [-0.3, -0.25) is 9.59 Å². The van der Waals surface area contributed by atoms with Gasteiger partial charge in [0, 0.05) is 24.2 Å². The van der Waals surface area contributed by atoms with Crippen LogP contribution in [0.4, 0.5) is 5.69 Å². The van der Waals surface area contributed by atoms with Gasteiger partial charge in [0.15, 0.2) is 5.82 Å². The first-order chi connectivity index (χ1) is 12.7. The van der Waals surface area contributed by atoms with Crippen molar-refractivity contribution in [3.05, 3.63) is 53.2 Å². The second-order valence-corrected chi connectivity index (χ2v) is 6.82. The molecule has 3 heterocycles. The zero-order valence-electron chi connectivity index (χ0n) is 13.8. The van der Waals surface area contributed by atoms with Gasteiger partial charge in [0.2, 0.25) is 5.91 Å². The fourth-order valence-electron chi connectivity index (χ4n) is 2.80. The summed E-state index contributed by atoms with van der Waals surface area (Å²) in [6.45, 7) is 0.912. The molecule has 1 aromatic carbocycles. The number of thiophene rings is 1. The number of aromatic nitrogens is 2. The Morgan fingerprint density at radius 3 is 2.81 bits per heavy atom. The molecular formula is C18H16N4O3S. The zero-order chi connectivity index (χ0) is 17.9. The molecule has 3 aromatic rings. The van der Waals surface area contributed by atoms with Crippen molar-refractivity contribution in [1.29, 1.82) is 0 Å². The molecule has 1 saturated heterocycles. The normalized spacial score (nSPS) is 14.0. The minimum Gasteiger partial charge on any atom is -0.345 e. The van der Waals surface area contributed by atoms with Crippen LogP contribution in [-0.2, 0) is 11.3 Å². The molecule has 1 aliphatic rings. The van der Waals surface area contributed by atoms with E-state index in [4.69, 9.17) is 4.52 Å². The summed E-state index contributed by atoms with van der Waals surface area (Å²) in [6, 6.07) is 10.8. The van der Waals surface area contributed by atoms with Crippen LogP contribution in [0.3, 0.4) is 0 Å². The molecular weight excluding hydrogens is 352 g/mol. The Morgan fingerprint density at radius 2 is 2.12 bits per heavy atom. The summed E-state index contributed by atoms with van der Waals surface area (Å²) in [6.07, 6.45) is 1.46. The molecule has 2 aromatic heterocycles. The van der Waals surface area contributed by atoms with Gasteiger partial charge in [-0.2, -0.15) is 4.98 Å². The molecule has 132 valence electrons. The quantitative estimate of drug-likeness (QED) is 0.748. The van der Waals surface area contributed by atoms with E-state index in [0.717, 1.165) is 23.5 Å². The Hall–Kier alpha value is -3.00. The van der Waals surface area contributed by atoms with Gasteiger partial charge in [0.25, 0.3) is 11.8 Å². The van der Waals surface area contributed by atoms with Crippen molar-refractivity contribution in [3.8, 4) is 10.8 Å². The fourth-order valence-corrected chi connectivity index (χ4v) is 3.45. The van der Waals surface area contributed by atoms with E-state index in [2.05, 4.69) is 15.5 Å². The largest absolute Gasteiger partial charge is 0.345 e. The van der Waals surface area contributed by atoms with Crippen LogP contribution in [0.1, 0.15) is 29.0 Å². The number of carbonyl (C=O) groups excluding carboxylic acids is 2. The highest BCUT2D eigenvalue weighted by molar-refractivity contribution is 7.13. The SMILES string of the molecule is O=C(NCc1noc(-c2cccs2)n1)c1ccc(N2CCCC2=O)cc1. The molecule has 1 fully saturated rings. The maximum absolute atomic E-state index is 12.3. The van der Waals surface area contributed by atoms with E-state index in [9.17, 15) is 9.59 Å². The molecule has 2 amide bonds. The summed E-state index contributed by atoms with van der Waals surface area (Å²) < 4.78 is 5.19. The van der Waals surface area contributed by atoms with Crippen LogP contribution in [0.15, 0.2) is 46.3 Å². The number of nitrogens with zero attached hydrogens (tertiary/aromatic N) is 3. The average molecular weight is 368 g/mol. The topological polar surface area (TPSA) is 88.3 Å². The lowest BCUT2D eigenvalue weighted by Gasteiger charge is -2.15. The minimum absolute atomic E-state index is 0.126. The third kappa shape index (κ3) is 3.36. The van der Waals surface area contributed by atoms with Crippen molar-refractivity contribution in [2.75, 3.05) is 11.4 Å². The van der Waals surface area contributed by atoms with E-state index in [-0.39, 0.29) is 18.4 Å². The van der Waals surface area contributed by atoms with Crippen molar-refractivity contribution in [1.82, 2.24) is 15.5 Å². The van der Waals surface area contributed by atoms with Gasteiger partial charge in [-0.1, -0.05) is 11.2 Å². The average Bonchev–Trinajstić information content (AvgIpc) is 3.41. The first-order valence-corrected chi connectivity index (χ1v) is 9.14. The smallest absolute Gasteiger partial charge is 0.268 e. The highest BCUT2D eigenvalue weighted by atomic mass is 32.1. The lowest BCUT2D eigenvalue weighted by molar-refractivity contribution is -0.117. The van der Waals surface area contributed by atoms with Crippen molar-refractivity contribution in [2.24, 2.45) is 0 Å². The molecule has 0 atom stereocenters. The lowest BCUT2D eigenvalue weighted by Crippen LogP contribution is -2.25. The molecule has 0 bridgehead atoms. The lowest BCUT2D eigenvalue weighted by atomic mass is 10.2. The first-order valence-electron chi connectivity index (χ1n) is 8.26. The molecule has 4 rings (SSSR count). The van der Waals surface area contributed by atoms with Gasteiger partial charge in [0.05, 0.1) is 11.4 Å². The Kier molecular flexibility index (Phi) is 4.49. The third-order valence-electron chi connectivity index (χ3n) is 4.12. The first kappa shape index (κ1) is 16.5. The number of anilines is 1. The second-order valence-electron chi connectivity index (χ2n) is 5.87. The molecule has 7 nitrogen and oxygen atoms in total. The predicted molar refractivity (Wildman–Crippen MR) is 96.8 cm³/mol. The van der Waals surface area contributed by atoms with Gasteiger partial charge in [0.1, 0.15) is 0 Å². The Balaban J connectivity index is 1.37. The molecule has 0 radical (unpaired) electrons. The number of hydrogen-bond acceptors (Lipinski definition) is 6. The van der Waals surface area contributed by atoms with E-state index < -0.39 is 0 Å². The summed E-state index contributed by atoms with van der Waals surface area (Å²) in [5, 5.41) is 8.58. The van der Waals surface area contributed by atoms with Gasteiger partial charge >= 0.3 is 0 Å². The van der Waals surface area contributed by atoms with E-state index in [1.807, 2.05) is 17.5 Å². The third-order valence-corrected chi connectivity index (χ3v) is 4.98. The summed E-state index contributed by atoms with van der Waals surface area (Å²) in [5.74, 6) is 0.762. The van der Waals surface area contributed by atoms with E-state index >= 15 is 0 Å². The highest BCUT2D eigenvalue weighted by Crippen LogP contribution is 2.23. The molecule has 0 spiro atoms.